The quantitative estimate of drug-likeness (QED) is 0.780. The number of likely N-dealkylation sites (tertiary alicyclic amines) is 1. The Morgan fingerprint density at radius 2 is 2.08 bits per heavy atom. The van der Waals surface area contributed by atoms with Crippen molar-refractivity contribution in [3.63, 3.8) is 0 Å². The van der Waals surface area contributed by atoms with Crippen molar-refractivity contribution in [3.8, 4) is 0 Å². The maximum absolute atomic E-state index is 11.3. The van der Waals surface area contributed by atoms with Crippen molar-refractivity contribution >= 4 is 22.9 Å². The van der Waals surface area contributed by atoms with Crippen LogP contribution in [0.5, 0.6) is 0 Å². The molecule has 1 saturated heterocycles. The molecule has 0 spiro atoms. The van der Waals surface area contributed by atoms with E-state index in [-0.39, 0.29) is 5.92 Å². The molecule has 138 valence electrons. The molecule has 1 aromatic heterocycles. The number of rotatable bonds is 6. The van der Waals surface area contributed by atoms with E-state index < -0.39 is 5.97 Å². The Kier molecular flexibility index (Phi) is 6.28. The van der Waals surface area contributed by atoms with Gasteiger partial charge in [0.05, 0.1) is 5.92 Å². The van der Waals surface area contributed by atoms with Crippen LogP contribution in [-0.4, -0.2) is 35.6 Å². The van der Waals surface area contributed by atoms with Crippen molar-refractivity contribution in [2.75, 3.05) is 19.6 Å². The zero-order valence-corrected chi connectivity index (χ0v) is 16.4. The molecule has 1 atom stereocenters. The normalized spacial score (nSPS) is 18.8. The summed E-state index contributed by atoms with van der Waals surface area (Å²) in [6, 6.07) is 10.7. The predicted molar refractivity (Wildman–Crippen MR) is 109 cm³/mol. The van der Waals surface area contributed by atoms with Gasteiger partial charge in [-0.3, -0.25) is 4.79 Å². The molecule has 1 aliphatic heterocycles. The van der Waals surface area contributed by atoms with Crippen molar-refractivity contribution in [3.05, 3.63) is 63.4 Å². The number of carboxylic acid groups (broad SMARTS) is 1. The van der Waals surface area contributed by atoms with Gasteiger partial charge in [-0.15, -0.1) is 11.3 Å². The van der Waals surface area contributed by atoms with Gasteiger partial charge in [-0.05, 0) is 73.4 Å². The third-order valence-corrected chi connectivity index (χ3v) is 6.24. The summed E-state index contributed by atoms with van der Waals surface area (Å²) in [5.41, 5.74) is 5.20. The van der Waals surface area contributed by atoms with Gasteiger partial charge in [-0.1, -0.05) is 30.3 Å². The van der Waals surface area contributed by atoms with Crippen LogP contribution in [0.3, 0.4) is 0 Å². The fourth-order valence-electron chi connectivity index (χ4n) is 3.70. The van der Waals surface area contributed by atoms with Crippen LogP contribution in [0.15, 0.2) is 41.8 Å². The minimum atomic E-state index is -0.653. The van der Waals surface area contributed by atoms with Crippen LogP contribution in [0.4, 0.5) is 0 Å². The fraction of sp³-hybridized carbons (Fsp3) is 0.409. The molecule has 4 heteroatoms. The van der Waals surface area contributed by atoms with Crippen molar-refractivity contribution in [2.24, 2.45) is 5.92 Å². The van der Waals surface area contributed by atoms with Crippen molar-refractivity contribution < 1.29 is 9.90 Å². The number of benzene rings is 1. The summed E-state index contributed by atoms with van der Waals surface area (Å²) in [5.74, 6) is -0.858. The molecule has 0 radical (unpaired) electrons. The van der Waals surface area contributed by atoms with Gasteiger partial charge in [0.1, 0.15) is 0 Å². The molecule has 0 saturated carbocycles. The molecule has 1 fully saturated rings. The van der Waals surface area contributed by atoms with Crippen LogP contribution in [0.1, 0.15) is 40.8 Å². The zero-order valence-electron chi connectivity index (χ0n) is 15.6. The molecule has 0 aliphatic carbocycles. The Morgan fingerprint density at radius 1 is 1.27 bits per heavy atom. The highest BCUT2D eigenvalue weighted by Gasteiger charge is 2.24. The van der Waals surface area contributed by atoms with Crippen LogP contribution in [-0.2, 0) is 4.79 Å². The monoisotopic (exact) mass is 369 g/mol. The number of piperidine rings is 1. The Bertz CT molecular complexity index is 793. The highest BCUT2D eigenvalue weighted by molar-refractivity contribution is 7.11. The molecule has 1 N–H and O–H groups in total. The lowest BCUT2D eigenvalue weighted by molar-refractivity contribution is -0.143. The molecule has 0 bridgehead atoms. The summed E-state index contributed by atoms with van der Waals surface area (Å²) >= 11 is 1.79. The lowest BCUT2D eigenvalue weighted by atomic mass is 9.96. The molecular weight excluding hydrogens is 342 g/mol. The maximum Gasteiger partial charge on any atom is 0.307 e. The van der Waals surface area contributed by atoms with Crippen molar-refractivity contribution in [2.45, 2.75) is 33.1 Å². The minimum absolute atomic E-state index is 0.205. The number of thiophene rings is 1. The molecule has 2 aromatic rings. The number of carboxylic acids is 1. The zero-order chi connectivity index (χ0) is 18.5. The Balaban J connectivity index is 1.77. The Labute approximate surface area is 160 Å². The molecule has 3 rings (SSSR count). The second-order valence-corrected chi connectivity index (χ2v) is 8.05. The van der Waals surface area contributed by atoms with Gasteiger partial charge < -0.3 is 10.0 Å². The maximum atomic E-state index is 11.3. The Hall–Kier alpha value is -1.91. The van der Waals surface area contributed by atoms with Crippen molar-refractivity contribution in [1.82, 2.24) is 4.90 Å². The first-order valence-electron chi connectivity index (χ1n) is 9.32. The van der Waals surface area contributed by atoms with Crippen LogP contribution in [0.25, 0.3) is 5.57 Å². The average Bonchev–Trinajstić information content (AvgIpc) is 3.06. The number of carbonyl (C=O) groups is 1. The summed E-state index contributed by atoms with van der Waals surface area (Å²) in [6.07, 6.45) is 5.07. The molecule has 1 aromatic carbocycles. The molecule has 1 aliphatic rings. The van der Waals surface area contributed by atoms with Gasteiger partial charge in [0.25, 0.3) is 0 Å². The lowest BCUT2D eigenvalue weighted by Crippen LogP contribution is -2.39. The number of nitrogens with zero attached hydrogens (tertiary/aromatic N) is 1. The van der Waals surface area contributed by atoms with Gasteiger partial charge in [-0.25, -0.2) is 0 Å². The SMILES string of the molecule is Cc1ccccc1/C(=C/CCN1CCC[C@@H](C(=O)O)C1)c1sccc1C. The van der Waals surface area contributed by atoms with Crippen LogP contribution < -0.4 is 0 Å². The minimum Gasteiger partial charge on any atom is -0.481 e. The largest absolute Gasteiger partial charge is 0.481 e. The standard InChI is InChI=1S/C22H27NO2S/c1-16-7-3-4-9-19(16)20(21-17(2)11-14-26-21)10-6-13-23-12-5-8-18(15-23)22(24)25/h3-4,7,9-11,14,18H,5-6,8,12-13,15H2,1-2H3,(H,24,25)/b20-10-/t18-/m1/s1. The van der Waals surface area contributed by atoms with Crippen LogP contribution in [0.2, 0.25) is 0 Å². The lowest BCUT2D eigenvalue weighted by Gasteiger charge is -2.30. The third kappa shape index (κ3) is 4.43. The number of hydrogen-bond acceptors (Lipinski definition) is 3. The van der Waals surface area contributed by atoms with Crippen LogP contribution >= 0.6 is 11.3 Å². The summed E-state index contributed by atoms with van der Waals surface area (Å²) in [7, 11) is 0. The van der Waals surface area contributed by atoms with E-state index in [1.165, 1.54) is 27.1 Å². The second kappa shape index (κ2) is 8.65. The number of aryl methyl sites for hydroxylation is 2. The van der Waals surface area contributed by atoms with E-state index in [0.717, 1.165) is 32.4 Å². The average molecular weight is 370 g/mol. The molecular formula is C22H27NO2S. The first-order chi connectivity index (χ1) is 12.6. The van der Waals surface area contributed by atoms with Gasteiger partial charge >= 0.3 is 5.97 Å². The number of hydrogen-bond donors (Lipinski definition) is 1. The Morgan fingerprint density at radius 3 is 2.77 bits per heavy atom. The second-order valence-electron chi connectivity index (χ2n) is 7.13. The van der Waals surface area contributed by atoms with E-state index in [2.05, 4.69) is 60.5 Å². The summed E-state index contributed by atoms with van der Waals surface area (Å²) < 4.78 is 0. The summed E-state index contributed by atoms with van der Waals surface area (Å²) in [4.78, 5) is 14.9. The van der Waals surface area contributed by atoms with E-state index in [1.54, 1.807) is 11.3 Å². The molecule has 0 unspecified atom stereocenters. The topological polar surface area (TPSA) is 40.5 Å². The molecule has 0 amide bonds. The van der Waals surface area contributed by atoms with Crippen molar-refractivity contribution in [1.29, 1.82) is 0 Å². The molecule has 3 nitrogen and oxygen atoms in total. The predicted octanol–water partition coefficient (Wildman–Crippen LogP) is 4.98. The smallest absolute Gasteiger partial charge is 0.307 e. The molecule has 26 heavy (non-hydrogen) atoms. The van der Waals surface area contributed by atoms with Gasteiger partial charge in [0.2, 0.25) is 0 Å². The van der Waals surface area contributed by atoms with Gasteiger partial charge in [0.15, 0.2) is 0 Å². The summed E-state index contributed by atoms with van der Waals surface area (Å²) in [5, 5.41) is 11.4. The van der Waals surface area contributed by atoms with E-state index in [1.807, 2.05) is 0 Å². The first kappa shape index (κ1) is 18.9. The molecule has 2 heterocycles. The van der Waals surface area contributed by atoms with E-state index in [4.69, 9.17) is 0 Å². The highest BCUT2D eigenvalue weighted by atomic mass is 32.1. The third-order valence-electron chi connectivity index (χ3n) is 5.19. The fourth-order valence-corrected chi connectivity index (χ4v) is 4.68. The van der Waals surface area contributed by atoms with E-state index in [9.17, 15) is 9.90 Å². The van der Waals surface area contributed by atoms with E-state index in [0.29, 0.717) is 6.54 Å². The first-order valence-corrected chi connectivity index (χ1v) is 10.2. The van der Waals surface area contributed by atoms with Gasteiger partial charge in [0, 0.05) is 18.0 Å². The van der Waals surface area contributed by atoms with Gasteiger partial charge in [-0.2, -0.15) is 0 Å². The summed E-state index contributed by atoms with van der Waals surface area (Å²) in [6.45, 7) is 6.94. The van der Waals surface area contributed by atoms with E-state index >= 15 is 0 Å². The number of aliphatic carboxylic acids is 1. The van der Waals surface area contributed by atoms with Crippen LogP contribution in [0, 0.1) is 19.8 Å². The highest BCUT2D eigenvalue weighted by Crippen LogP contribution is 2.32.